The highest BCUT2D eigenvalue weighted by Crippen LogP contribution is 2.34. The monoisotopic (exact) mass is 285 g/mol. The summed E-state index contributed by atoms with van der Waals surface area (Å²) in [7, 11) is 2.63. The molecule has 0 aliphatic heterocycles. The third-order valence-corrected chi connectivity index (χ3v) is 2.27. The van der Waals surface area contributed by atoms with Crippen molar-refractivity contribution < 1.29 is 19.1 Å². The van der Waals surface area contributed by atoms with Gasteiger partial charge in [-0.05, 0) is 12.1 Å². The lowest BCUT2D eigenvalue weighted by Gasteiger charge is -2.09. The van der Waals surface area contributed by atoms with E-state index in [-0.39, 0.29) is 17.0 Å². The van der Waals surface area contributed by atoms with Crippen LogP contribution in [0.2, 0.25) is 0 Å². The van der Waals surface area contributed by atoms with Crippen LogP contribution >= 0.6 is 15.9 Å². The van der Waals surface area contributed by atoms with Gasteiger partial charge in [0.2, 0.25) is 6.08 Å². The molecule has 0 aliphatic carbocycles. The molecule has 0 saturated heterocycles. The number of ether oxygens (including phenoxy) is 2. The van der Waals surface area contributed by atoms with Crippen LogP contribution in [0.3, 0.4) is 0 Å². The molecule has 0 radical (unpaired) electrons. The van der Waals surface area contributed by atoms with Crippen molar-refractivity contribution in [1.82, 2.24) is 0 Å². The van der Waals surface area contributed by atoms with Gasteiger partial charge in [-0.2, -0.15) is 4.99 Å². The normalized spacial score (nSPS) is 9.19. The van der Waals surface area contributed by atoms with Gasteiger partial charge in [0.25, 0.3) is 0 Å². The quantitative estimate of drug-likeness (QED) is 0.485. The molecule has 0 bridgehead atoms. The fourth-order valence-corrected chi connectivity index (χ4v) is 1.63. The average molecular weight is 286 g/mol. The van der Waals surface area contributed by atoms with Crippen LogP contribution in [0, 0.1) is 0 Å². The Morgan fingerprint density at radius 1 is 1.44 bits per heavy atom. The fourth-order valence-electron chi connectivity index (χ4n) is 1.19. The first kappa shape index (κ1) is 12.4. The van der Waals surface area contributed by atoms with Gasteiger partial charge in [0.1, 0.15) is 11.3 Å². The topological polar surface area (TPSA) is 65.0 Å². The molecule has 1 aromatic carbocycles. The van der Waals surface area contributed by atoms with Crippen molar-refractivity contribution in [3.63, 3.8) is 0 Å². The molecule has 0 atom stereocenters. The van der Waals surface area contributed by atoms with Crippen LogP contribution in [0.5, 0.6) is 5.75 Å². The molecule has 16 heavy (non-hydrogen) atoms. The maximum Gasteiger partial charge on any atom is 0.341 e. The van der Waals surface area contributed by atoms with Crippen molar-refractivity contribution in [3.8, 4) is 5.75 Å². The Kier molecular flexibility index (Phi) is 4.22. The van der Waals surface area contributed by atoms with Crippen LogP contribution in [-0.2, 0) is 9.53 Å². The van der Waals surface area contributed by atoms with E-state index in [9.17, 15) is 9.59 Å². The van der Waals surface area contributed by atoms with E-state index in [2.05, 4.69) is 25.7 Å². The molecule has 0 amide bonds. The second-order valence-corrected chi connectivity index (χ2v) is 3.62. The molecule has 84 valence electrons. The molecule has 1 rings (SSSR count). The van der Waals surface area contributed by atoms with Crippen LogP contribution in [0.25, 0.3) is 0 Å². The van der Waals surface area contributed by atoms with Gasteiger partial charge in [-0.3, -0.25) is 0 Å². The first-order chi connectivity index (χ1) is 7.63. The molecule has 0 aliphatic rings. The first-order valence-corrected chi connectivity index (χ1v) is 4.97. The summed E-state index contributed by atoms with van der Waals surface area (Å²) >= 11 is 3.19. The summed E-state index contributed by atoms with van der Waals surface area (Å²) in [6, 6.07) is 3.06. The van der Waals surface area contributed by atoms with Gasteiger partial charge in [0, 0.05) is 4.47 Å². The van der Waals surface area contributed by atoms with Crippen molar-refractivity contribution >= 4 is 33.7 Å². The van der Waals surface area contributed by atoms with E-state index in [1.165, 1.54) is 32.4 Å². The molecule has 0 heterocycles. The second kappa shape index (κ2) is 5.44. The largest absolute Gasteiger partial charge is 0.494 e. The standard InChI is InChI=1S/C10H8BrNO4/c1-15-9-7(10(14)16-2)3-6(11)4-8(9)12-5-13/h3-4H,1-2H3. The maximum atomic E-state index is 11.4. The Labute approximate surface area is 100 Å². The van der Waals surface area contributed by atoms with Crippen molar-refractivity contribution in [2.24, 2.45) is 4.99 Å². The van der Waals surface area contributed by atoms with Gasteiger partial charge in [0.15, 0.2) is 5.75 Å². The van der Waals surface area contributed by atoms with Crippen LogP contribution in [0.1, 0.15) is 10.4 Å². The number of isocyanates is 1. The maximum absolute atomic E-state index is 11.4. The van der Waals surface area contributed by atoms with Crippen molar-refractivity contribution in [2.75, 3.05) is 14.2 Å². The van der Waals surface area contributed by atoms with E-state index < -0.39 is 5.97 Å². The lowest BCUT2D eigenvalue weighted by Crippen LogP contribution is -2.04. The number of rotatable bonds is 3. The number of aliphatic imine (C=N–C) groups is 1. The minimum absolute atomic E-state index is 0.179. The molecule has 1 aromatic rings. The smallest absolute Gasteiger partial charge is 0.341 e. The predicted octanol–water partition coefficient (Wildman–Crippen LogP) is 2.21. The number of benzene rings is 1. The summed E-state index contributed by atoms with van der Waals surface area (Å²) in [5, 5.41) is 0. The lowest BCUT2D eigenvalue weighted by molar-refractivity contribution is 0.0597. The van der Waals surface area contributed by atoms with Gasteiger partial charge in [-0.25, -0.2) is 9.59 Å². The van der Waals surface area contributed by atoms with Crippen LogP contribution in [-0.4, -0.2) is 26.3 Å². The van der Waals surface area contributed by atoms with Crippen molar-refractivity contribution in [1.29, 1.82) is 0 Å². The number of carbonyl (C=O) groups excluding carboxylic acids is 2. The Hall–Kier alpha value is -1.65. The Balaban J connectivity index is 3.47. The SMILES string of the molecule is COC(=O)c1cc(Br)cc(N=C=O)c1OC. The Bertz CT molecular complexity index is 466. The lowest BCUT2D eigenvalue weighted by atomic mass is 10.1. The van der Waals surface area contributed by atoms with Gasteiger partial charge in [-0.1, -0.05) is 15.9 Å². The summed E-state index contributed by atoms with van der Waals surface area (Å²) < 4.78 is 10.2. The molecular formula is C10H8BrNO4. The van der Waals surface area contributed by atoms with Crippen LogP contribution in [0.15, 0.2) is 21.6 Å². The molecule has 0 aromatic heterocycles. The molecule has 0 fully saturated rings. The van der Waals surface area contributed by atoms with Gasteiger partial charge < -0.3 is 9.47 Å². The number of halogens is 1. The van der Waals surface area contributed by atoms with E-state index in [4.69, 9.17) is 4.74 Å². The highest BCUT2D eigenvalue weighted by Gasteiger charge is 2.17. The van der Waals surface area contributed by atoms with E-state index in [0.29, 0.717) is 4.47 Å². The Morgan fingerprint density at radius 3 is 2.62 bits per heavy atom. The van der Waals surface area contributed by atoms with E-state index >= 15 is 0 Å². The minimum Gasteiger partial charge on any atom is -0.494 e. The van der Waals surface area contributed by atoms with E-state index in [1.54, 1.807) is 0 Å². The zero-order valence-electron chi connectivity index (χ0n) is 8.61. The van der Waals surface area contributed by atoms with E-state index in [1.807, 2.05) is 0 Å². The zero-order chi connectivity index (χ0) is 12.1. The minimum atomic E-state index is -0.569. The van der Waals surface area contributed by atoms with Crippen molar-refractivity contribution in [2.45, 2.75) is 0 Å². The highest BCUT2D eigenvalue weighted by molar-refractivity contribution is 9.10. The van der Waals surface area contributed by atoms with Gasteiger partial charge >= 0.3 is 5.97 Å². The number of methoxy groups -OCH3 is 2. The third kappa shape index (κ3) is 2.48. The summed E-state index contributed by atoms with van der Waals surface area (Å²) in [6.45, 7) is 0. The molecule has 0 unspecified atom stereocenters. The molecule has 6 heteroatoms. The molecule has 0 saturated carbocycles. The average Bonchev–Trinajstić information content (AvgIpc) is 2.27. The summed E-state index contributed by atoms with van der Waals surface area (Å²) in [6.07, 6.45) is 1.39. The summed E-state index contributed by atoms with van der Waals surface area (Å²) in [5.74, 6) is -0.390. The highest BCUT2D eigenvalue weighted by atomic mass is 79.9. The zero-order valence-corrected chi connectivity index (χ0v) is 10.2. The number of nitrogens with zero attached hydrogens (tertiary/aromatic N) is 1. The molecule has 0 spiro atoms. The number of esters is 1. The number of hydrogen-bond acceptors (Lipinski definition) is 5. The molecule has 5 nitrogen and oxygen atoms in total. The van der Waals surface area contributed by atoms with Gasteiger partial charge in [0.05, 0.1) is 14.2 Å². The van der Waals surface area contributed by atoms with Crippen LogP contribution in [0.4, 0.5) is 5.69 Å². The second-order valence-electron chi connectivity index (χ2n) is 2.70. The fraction of sp³-hybridized carbons (Fsp3) is 0.200. The number of carbonyl (C=O) groups is 1. The van der Waals surface area contributed by atoms with Gasteiger partial charge in [-0.15, -0.1) is 0 Å². The first-order valence-electron chi connectivity index (χ1n) is 4.17. The summed E-state index contributed by atoms with van der Waals surface area (Å²) in [4.78, 5) is 25.1. The molecule has 0 N–H and O–H groups in total. The molecular weight excluding hydrogens is 278 g/mol. The van der Waals surface area contributed by atoms with E-state index in [0.717, 1.165) is 0 Å². The third-order valence-electron chi connectivity index (χ3n) is 1.81. The summed E-state index contributed by atoms with van der Waals surface area (Å²) in [5.41, 5.74) is 0.403. The predicted molar refractivity (Wildman–Crippen MR) is 59.8 cm³/mol. The Morgan fingerprint density at radius 2 is 2.12 bits per heavy atom. The van der Waals surface area contributed by atoms with Crippen LogP contribution < -0.4 is 4.74 Å². The van der Waals surface area contributed by atoms with Crippen molar-refractivity contribution in [3.05, 3.63) is 22.2 Å². The number of hydrogen-bond donors (Lipinski definition) is 0.